The molecule has 0 spiro atoms. The third kappa shape index (κ3) is 3.81. The van der Waals surface area contributed by atoms with Gasteiger partial charge in [-0.05, 0) is 55.7 Å². The Labute approximate surface area is 162 Å². The van der Waals surface area contributed by atoms with E-state index in [-0.39, 0.29) is 11.7 Å². The molecule has 3 aromatic rings. The molecule has 6 nitrogen and oxygen atoms in total. The molecule has 142 valence electrons. The smallest absolute Gasteiger partial charge is 0.272 e. The highest BCUT2D eigenvalue weighted by Gasteiger charge is 2.26. The van der Waals surface area contributed by atoms with Crippen LogP contribution < -0.4 is 10.2 Å². The Morgan fingerprint density at radius 2 is 2.11 bits per heavy atom. The normalized spacial score (nSPS) is 13.8. The summed E-state index contributed by atoms with van der Waals surface area (Å²) in [5, 5.41) is 14.8. The molecule has 0 saturated heterocycles. The summed E-state index contributed by atoms with van der Waals surface area (Å²) in [6.45, 7) is 2.32. The number of phenolic OH excluding ortho intramolecular Hbond substituents is 1. The molecule has 1 heterocycles. The first-order chi connectivity index (χ1) is 13.7. The minimum absolute atomic E-state index is 0.0336. The number of amides is 1. The molecule has 1 saturated carbocycles. The molecule has 1 fully saturated rings. The van der Waals surface area contributed by atoms with Gasteiger partial charge in [0.05, 0.1) is 23.9 Å². The molecule has 4 rings (SSSR count). The summed E-state index contributed by atoms with van der Waals surface area (Å²) in [4.78, 5) is 17.4. The predicted octanol–water partition coefficient (Wildman–Crippen LogP) is 3.98. The van der Waals surface area contributed by atoms with E-state index in [2.05, 4.69) is 15.5 Å². The van der Waals surface area contributed by atoms with Gasteiger partial charge in [-0.1, -0.05) is 18.2 Å². The number of fused-ring (bicyclic) bond motifs is 1. The number of aromatic nitrogens is 1. The third-order valence-corrected chi connectivity index (χ3v) is 4.64. The number of carbonyl (C=O) groups excluding carboxylic acids is 1. The van der Waals surface area contributed by atoms with E-state index in [0.717, 1.165) is 29.4 Å². The Kier molecular flexibility index (Phi) is 4.93. The molecule has 1 aliphatic rings. The van der Waals surface area contributed by atoms with Crippen LogP contribution in [0.5, 0.6) is 11.5 Å². The number of phenols is 1. The number of hydrazone groups is 1. The van der Waals surface area contributed by atoms with Crippen molar-refractivity contribution < 1.29 is 14.6 Å². The van der Waals surface area contributed by atoms with Crippen molar-refractivity contribution in [1.29, 1.82) is 0 Å². The van der Waals surface area contributed by atoms with Gasteiger partial charge >= 0.3 is 0 Å². The van der Waals surface area contributed by atoms with Crippen LogP contribution in [0.25, 0.3) is 10.9 Å². The van der Waals surface area contributed by atoms with Crippen LogP contribution in [0.15, 0.2) is 53.6 Å². The molecule has 28 heavy (non-hydrogen) atoms. The SMILES string of the molecule is CCOc1ccc(/C=N\NC(=O)c2cc(C3CC3)nc3ccccc23)cc1O. The first kappa shape index (κ1) is 18.0. The molecular weight excluding hydrogens is 354 g/mol. The molecule has 0 aliphatic heterocycles. The lowest BCUT2D eigenvalue weighted by molar-refractivity contribution is 0.0956. The summed E-state index contributed by atoms with van der Waals surface area (Å²) < 4.78 is 5.30. The van der Waals surface area contributed by atoms with Crippen LogP contribution in [-0.2, 0) is 0 Å². The van der Waals surface area contributed by atoms with Crippen LogP contribution in [0, 0.1) is 0 Å². The molecule has 0 radical (unpaired) electrons. The van der Waals surface area contributed by atoms with Crippen molar-refractivity contribution in [2.45, 2.75) is 25.7 Å². The van der Waals surface area contributed by atoms with Crippen molar-refractivity contribution in [3.05, 3.63) is 65.4 Å². The lowest BCUT2D eigenvalue weighted by Gasteiger charge is -2.08. The molecule has 1 aliphatic carbocycles. The van der Waals surface area contributed by atoms with Crippen LogP contribution in [-0.4, -0.2) is 28.8 Å². The van der Waals surface area contributed by atoms with Crippen LogP contribution in [0.3, 0.4) is 0 Å². The minimum Gasteiger partial charge on any atom is -0.504 e. The van der Waals surface area contributed by atoms with Gasteiger partial charge in [0.2, 0.25) is 0 Å². The van der Waals surface area contributed by atoms with Gasteiger partial charge < -0.3 is 9.84 Å². The van der Waals surface area contributed by atoms with E-state index in [0.29, 0.717) is 29.4 Å². The second-order valence-corrected chi connectivity index (χ2v) is 6.75. The summed E-state index contributed by atoms with van der Waals surface area (Å²) in [7, 11) is 0. The Morgan fingerprint density at radius 1 is 1.29 bits per heavy atom. The van der Waals surface area contributed by atoms with Gasteiger partial charge in [-0.15, -0.1) is 0 Å². The fourth-order valence-electron chi connectivity index (χ4n) is 3.09. The number of hydrogen-bond donors (Lipinski definition) is 2. The van der Waals surface area contributed by atoms with E-state index in [1.807, 2.05) is 37.3 Å². The van der Waals surface area contributed by atoms with Crippen LogP contribution in [0.1, 0.15) is 47.3 Å². The lowest BCUT2D eigenvalue weighted by Crippen LogP contribution is -2.18. The Balaban J connectivity index is 1.54. The number of rotatable bonds is 6. The van der Waals surface area contributed by atoms with Gasteiger partial charge in [0.15, 0.2) is 11.5 Å². The zero-order valence-electron chi connectivity index (χ0n) is 15.6. The largest absolute Gasteiger partial charge is 0.504 e. The highest BCUT2D eigenvalue weighted by molar-refractivity contribution is 6.06. The van der Waals surface area contributed by atoms with Gasteiger partial charge in [0.1, 0.15) is 0 Å². The number of para-hydroxylation sites is 1. The number of pyridine rings is 1. The topological polar surface area (TPSA) is 83.8 Å². The van der Waals surface area contributed by atoms with Crippen LogP contribution in [0.2, 0.25) is 0 Å². The average Bonchev–Trinajstić information content (AvgIpc) is 3.54. The molecule has 0 atom stereocenters. The highest BCUT2D eigenvalue weighted by atomic mass is 16.5. The van der Waals surface area contributed by atoms with E-state index < -0.39 is 0 Å². The summed E-state index contributed by atoms with van der Waals surface area (Å²) in [5.41, 5.74) is 5.58. The molecule has 0 unspecified atom stereocenters. The van der Waals surface area contributed by atoms with Crippen molar-refractivity contribution in [3.63, 3.8) is 0 Å². The van der Waals surface area contributed by atoms with Gasteiger partial charge in [0.25, 0.3) is 5.91 Å². The highest BCUT2D eigenvalue weighted by Crippen LogP contribution is 2.40. The Morgan fingerprint density at radius 3 is 2.86 bits per heavy atom. The quantitative estimate of drug-likeness (QED) is 0.504. The molecule has 2 N–H and O–H groups in total. The summed E-state index contributed by atoms with van der Waals surface area (Å²) in [6.07, 6.45) is 3.72. The number of nitrogens with one attached hydrogen (secondary N) is 1. The van der Waals surface area contributed by atoms with E-state index in [1.165, 1.54) is 12.3 Å². The van der Waals surface area contributed by atoms with E-state index in [1.54, 1.807) is 12.1 Å². The number of nitrogens with zero attached hydrogens (tertiary/aromatic N) is 2. The van der Waals surface area contributed by atoms with E-state index in [4.69, 9.17) is 4.74 Å². The van der Waals surface area contributed by atoms with Crippen molar-refractivity contribution in [1.82, 2.24) is 10.4 Å². The predicted molar refractivity (Wildman–Crippen MR) is 108 cm³/mol. The van der Waals surface area contributed by atoms with Crippen molar-refractivity contribution in [2.24, 2.45) is 5.10 Å². The molecular formula is C22H21N3O3. The van der Waals surface area contributed by atoms with Gasteiger partial charge in [-0.3, -0.25) is 9.78 Å². The number of carbonyl (C=O) groups is 1. The first-order valence-electron chi connectivity index (χ1n) is 9.34. The number of aromatic hydroxyl groups is 1. The number of hydrogen-bond acceptors (Lipinski definition) is 5. The van der Waals surface area contributed by atoms with Crippen LogP contribution in [0.4, 0.5) is 0 Å². The zero-order valence-corrected chi connectivity index (χ0v) is 15.6. The second-order valence-electron chi connectivity index (χ2n) is 6.75. The summed E-state index contributed by atoms with van der Waals surface area (Å²) >= 11 is 0. The fourth-order valence-corrected chi connectivity index (χ4v) is 3.09. The monoisotopic (exact) mass is 375 g/mol. The maximum absolute atomic E-state index is 12.7. The number of ether oxygens (including phenoxy) is 1. The molecule has 1 amide bonds. The number of benzene rings is 2. The molecule has 6 heteroatoms. The van der Waals surface area contributed by atoms with Crippen molar-refractivity contribution >= 4 is 23.0 Å². The van der Waals surface area contributed by atoms with E-state index >= 15 is 0 Å². The molecule has 2 aromatic carbocycles. The maximum Gasteiger partial charge on any atom is 0.272 e. The van der Waals surface area contributed by atoms with Crippen molar-refractivity contribution in [3.8, 4) is 11.5 Å². The Bertz CT molecular complexity index is 1060. The van der Waals surface area contributed by atoms with E-state index in [9.17, 15) is 9.90 Å². The minimum atomic E-state index is -0.285. The fraction of sp³-hybridized carbons (Fsp3) is 0.227. The summed E-state index contributed by atoms with van der Waals surface area (Å²) in [5.74, 6) is 0.615. The Hall–Kier alpha value is -3.41. The lowest BCUT2D eigenvalue weighted by atomic mass is 10.1. The van der Waals surface area contributed by atoms with Gasteiger partial charge in [-0.25, -0.2) is 5.43 Å². The standard InChI is InChI=1S/C22H21N3O3/c1-2-28-21-10-7-14(11-20(21)26)13-23-25-22(27)17-12-19(15-8-9-15)24-18-6-4-3-5-16(17)18/h3-7,10-13,15,26H,2,8-9H2,1H3,(H,25,27)/b23-13-. The maximum atomic E-state index is 12.7. The summed E-state index contributed by atoms with van der Waals surface area (Å²) in [6, 6.07) is 14.5. The van der Waals surface area contributed by atoms with Gasteiger partial charge in [-0.2, -0.15) is 5.10 Å². The molecule has 1 aromatic heterocycles. The second kappa shape index (κ2) is 7.68. The first-order valence-corrected chi connectivity index (χ1v) is 9.34. The zero-order chi connectivity index (χ0) is 19.5. The van der Waals surface area contributed by atoms with Gasteiger partial charge in [0, 0.05) is 17.0 Å². The van der Waals surface area contributed by atoms with Crippen LogP contribution >= 0.6 is 0 Å². The third-order valence-electron chi connectivity index (χ3n) is 4.64. The molecule has 0 bridgehead atoms. The van der Waals surface area contributed by atoms with Crippen molar-refractivity contribution in [2.75, 3.05) is 6.61 Å². The average molecular weight is 375 g/mol.